The summed E-state index contributed by atoms with van der Waals surface area (Å²) in [7, 11) is 1.68. The van der Waals surface area contributed by atoms with Crippen molar-refractivity contribution in [3.05, 3.63) is 39.4 Å². The summed E-state index contributed by atoms with van der Waals surface area (Å²) in [5.41, 5.74) is -0.292. The van der Waals surface area contributed by atoms with Crippen LogP contribution in [-0.2, 0) is 11.8 Å². The van der Waals surface area contributed by atoms with E-state index < -0.39 is 5.41 Å². The van der Waals surface area contributed by atoms with Crippen molar-refractivity contribution >= 4 is 40.0 Å². The van der Waals surface area contributed by atoms with E-state index in [0.717, 1.165) is 12.8 Å². The highest BCUT2D eigenvalue weighted by Gasteiger charge is 2.35. The number of rotatable bonds is 7. The quantitative estimate of drug-likeness (QED) is 0.628. The predicted molar refractivity (Wildman–Crippen MR) is 112 cm³/mol. The first-order valence-electron chi connectivity index (χ1n) is 9.17. The van der Waals surface area contributed by atoms with E-state index in [-0.39, 0.29) is 23.4 Å². The number of carbonyl (C=O) groups excluding carboxylic acids is 1. The number of carbonyl (C=O) groups is 1. The van der Waals surface area contributed by atoms with Gasteiger partial charge in [0, 0.05) is 24.5 Å². The molecule has 1 amide bonds. The summed E-state index contributed by atoms with van der Waals surface area (Å²) in [5.74, 6) is 0.734. The molecule has 2 aromatic rings. The van der Waals surface area contributed by atoms with Crippen molar-refractivity contribution in [1.29, 1.82) is 0 Å². The molecule has 0 aliphatic heterocycles. The molecule has 0 radical (unpaired) electrons. The lowest BCUT2D eigenvalue weighted by atomic mass is 9.93. The molecule has 2 rings (SSSR count). The summed E-state index contributed by atoms with van der Waals surface area (Å²) >= 11 is 12.1. The molecule has 0 N–H and O–H groups in total. The number of hydrogen-bond donors (Lipinski definition) is 0. The maximum atomic E-state index is 13.1. The molecule has 27 heavy (non-hydrogen) atoms. The first kappa shape index (κ1) is 21.7. The Balaban J connectivity index is 2.55. The fourth-order valence-electron chi connectivity index (χ4n) is 3.02. The molecule has 148 valence electrons. The van der Waals surface area contributed by atoms with Crippen LogP contribution in [0.2, 0.25) is 5.02 Å². The number of benzene rings is 1. The van der Waals surface area contributed by atoms with E-state index >= 15 is 0 Å². The van der Waals surface area contributed by atoms with Gasteiger partial charge in [-0.25, -0.2) is 4.98 Å². The largest absolute Gasteiger partial charge is 0.332 e. The van der Waals surface area contributed by atoms with Gasteiger partial charge in [0.1, 0.15) is 5.82 Å². The predicted octanol–water partition coefficient (Wildman–Crippen LogP) is 4.54. The van der Waals surface area contributed by atoms with Crippen LogP contribution in [0.3, 0.4) is 0 Å². The molecule has 7 heteroatoms. The Morgan fingerprint density at radius 2 is 2.04 bits per heavy atom. The number of hydrogen-bond acceptors (Lipinski definition) is 3. The van der Waals surface area contributed by atoms with Gasteiger partial charge in [-0.2, -0.15) is 0 Å². The van der Waals surface area contributed by atoms with Crippen LogP contribution in [0.5, 0.6) is 0 Å². The number of halogens is 2. The Morgan fingerprint density at radius 1 is 1.37 bits per heavy atom. The van der Waals surface area contributed by atoms with Crippen LogP contribution < -0.4 is 5.56 Å². The Labute approximate surface area is 170 Å². The van der Waals surface area contributed by atoms with Crippen LogP contribution in [0.25, 0.3) is 10.9 Å². The number of aromatic nitrogens is 2. The maximum Gasteiger partial charge on any atom is 0.261 e. The van der Waals surface area contributed by atoms with Crippen molar-refractivity contribution in [1.82, 2.24) is 14.5 Å². The molecule has 0 spiro atoms. The van der Waals surface area contributed by atoms with Crippen LogP contribution in [0.4, 0.5) is 0 Å². The van der Waals surface area contributed by atoms with Gasteiger partial charge in [0.2, 0.25) is 5.91 Å². The van der Waals surface area contributed by atoms with Crippen LogP contribution in [0.1, 0.15) is 52.4 Å². The number of unbranched alkanes of at least 4 members (excludes halogenated alkanes) is 1. The van der Waals surface area contributed by atoms with Gasteiger partial charge in [-0.1, -0.05) is 24.9 Å². The second kappa shape index (κ2) is 8.61. The molecule has 1 heterocycles. The third-order valence-electron chi connectivity index (χ3n) is 4.84. The van der Waals surface area contributed by atoms with Crippen LogP contribution >= 0.6 is 23.2 Å². The van der Waals surface area contributed by atoms with E-state index in [4.69, 9.17) is 23.2 Å². The van der Waals surface area contributed by atoms with E-state index in [1.165, 1.54) is 4.57 Å². The molecular weight excluding hydrogens is 385 g/mol. The van der Waals surface area contributed by atoms with E-state index in [9.17, 15) is 9.59 Å². The minimum absolute atomic E-state index is 0.0381. The fraction of sp³-hybridized carbons (Fsp3) is 0.550. The molecule has 0 saturated carbocycles. The topological polar surface area (TPSA) is 55.2 Å². The van der Waals surface area contributed by atoms with Gasteiger partial charge in [-0.3, -0.25) is 14.2 Å². The summed E-state index contributed by atoms with van der Waals surface area (Å²) < 4.78 is 1.50. The molecule has 1 atom stereocenters. The Morgan fingerprint density at radius 3 is 2.63 bits per heavy atom. The van der Waals surface area contributed by atoms with E-state index in [2.05, 4.69) is 11.9 Å². The van der Waals surface area contributed by atoms with Crippen molar-refractivity contribution in [3.63, 3.8) is 0 Å². The molecule has 0 fully saturated rings. The summed E-state index contributed by atoms with van der Waals surface area (Å²) in [4.78, 5) is 32.4. The highest BCUT2D eigenvalue weighted by Crippen LogP contribution is 2.28. The summed E-state index contributed by atoms with van der Waals surface area (Å²) in [6.07, 6.45) is 1.83. The van der Waals surface area contributed by atoms with Gasteiger partial charge in [0.05, 0.1) is 22.4 Å². The van der Waals surface area contributed by atoms with Crippen molar-refractivity contribution in [2.24, 2.45) is 12.5 Å². The van der Waals surface area contributed by atoms with Gasteiger partial charge in [-0.05, 0) is 45.4 Å². The third kappa shape index (κ3) is 4.46. The third-order valence-corrected chi connectivity index (χ3v) is 5.74. The zero-order valence-corrected chi connectivity index (χ0v) is 18.1. The van der Waals surface area contributed by atoms with Crippen LogP contribution in [-0.4, -0.2) is 32.8 Å². The summed E-state index contributed by atoms with van der Waals surface area (Å²) in [5, 5.41) is 0.958. The number of alkyl halides is 1. The Bertz CT molecular complexity index is 893. The van der Waals surface area contributed by atoms with E-state index in [1.807, 2.05) is 20.8 Å². The van der Waals surface area contributed by atoms with Crippen LogP contribution in [0, 0.1) is 5.41 Å². The molecule has 0 aliphatic rings. The normalized spacial score (nSPS) is 13.0. The molecule has 5 nitrogen and oxygen atoms in total. The molecule has 0 aliphatic carbocycles. The lowest BCUT2D eigenvalue weighted by Gasteiger charge is -2.35. The monoisotopic (exact) mass is 411 g/mol. The lowest BCUT2D eigenvalue weighted by Crippen LogP contribution is -2.45. The number of amides is 1. The maximum absolute atomic E-state index is 13.1. The minimum Gasteiger partial charge on any atom is -0.332 e. The molecule has 1 unspecified atom stereocenters. The number of nitrogens with zero attached hydrogens (tertiary/aromatic N) is 3. The van der Waals surface area contributed by atoms with Crippen molar-refractivity contribution in [2.75, 3.05) is 12.4 Å². The average molecular weight is 412 g/mol. The van der Waals surface area contributed by atoms with Crippen molar-refractivity contribution in [2.45, 2.75) is 46.6 Å². The number of fused-ring (bicyclic) bond motifs is 1. The van der Waals surface area contributed by atoms with Gasteiger partial charge >= 0.3 is 0 Å². The highest BCUT2D eigenvalue weighted by atomic mass is 35.5. The van der Waals surface area contributed by atoms with Crippen molar-refractivity contribution < 1.29 is 4.79 Å². The summed E-state index contributed by atoms with van der Waals surface area (Å²) in [6.45, 7) is 8.24. The molecule has 0 saturated heterocycles. The van der Waals surface area contributed by atoms with Crippen LogP contribution in [0.15, 0.2) is 23.0 Å². The Kier molecular flexibility index (Phi) is 6.92. The van der Waals surface area contributed by atoms with Gasteiger partial charge in [0.15, 0.2) is 0 Å². The van der Waals surface area contributed by atoms with E-state index in [0.29, 0.717) is 28.3 Å². The molecule has 1 aromatic heterocycles. The smallest absolute Gasteiger partial charge is 0.261 e. The van der Waals surface area contributed by atoms with Crippen molar-refractivity contribution in [3.8, 4) is 0 Å². The zero-order valence-electron chi connectivity index (χ0n) is 16.6. The second-order valence-electron chi connectivity index (χ2n) is 7.54. The lowest BCUT2D eigenvalue weighted by molar-refractivity contribution is -0.141. The zero-order chi connectivity index (χ0) is 20.4. The summed E-state index contributed by atoms with van der Waals surface area (Å²) in [6, 6.07) is 4.71. The van der Waals surface area contributed by atoms with Gasteiger partial charge in [0.25, 0.3) is 5.56 Å². The SMILES string of the molecule is CCCCN(C(=O)C(C)(C)CCl)C(C)c1nc2ccc(Cl)cc2c(=O)n1C. The van der Waals surface area contributed by atoms with E-state index in [1.54, 1.807) is 30.1 Å². The Hall–Kier alpha value is -1.59. The molecule has 0 bridgehead atoms. The second-order valence-corrected chi connectivity index (χ2v) is 8.24. The standard InChI is InChI=1S/C20H27Cl2N3O2/c1-6-7-10-25(19(27)20(3,4)12-21)13(2)17-23-16-9-8-14(22)11-15(16)18(26)24(17)5/h8-9,11,13H,6-7,10,12H2,1-5H3. The average Bonchev–Trinajstić information content (AvgIpc) is 2.64. The minimum atomic E-state index is -0.688. The fourth-order valence-corrected chi connectivity index (χ4v) is 3.31. The van der Waals surface area contributed by atoms with Gasteiger partial charge < -0.3 is 4.90 Å². The first-order valence-corrected chi connectivity index (χ1v) is 10.1. The molecular formula is C20H27Cl2N3O2. The first-order chi connectivity index (χ1) is 12.6. The van der Waals surface area contributed by atoms with Gasteiger partial charge in [-0.15, -0.1) is 11.6 Å². The molecule has 1 aromatic carbocycles. The highest BCUT2D eigenvalue weighted by molar-refractivity contribution is 6.31.